The summed E-state index contributed by atoms with van der Waals surface area (Å²) in [5, 5.41) is 2.70. The van der Waals surface area contributed by atoms with Gasteiger partial charge < -0.3 is 20.5 Å². The van der Waals surface area contributed by atoms with Crippen LogP contribution in [0.5, 0.6) is 11.5 Å². The van der Waals surface area contributed by atoms with Gasteiger partial charge in [0, 0.05) is 0 Å². The third-order valence-corrected chi connectivity index (χ3v) is 3.35. The van der Waals surface area contributed by atoms with Gasteiger partial charge >= 0.3 is 0 Å². The molecule has 2 amide bonds. The number of carbonyl (C=O) groups is 2. The minimum Gasteiger partial charge on any atom is -0.493 e. The summed E-state index contributed by atoms with van der Waals surface area (Å²) in [5.41, 5.74) is 6.04. The Bertz CT molecular complexity index is 837. The Morgan fingerprint density at radius 3 is 2.23 bits per heavy atom. The van der Waals surface area contributed by atoms with Crippen LogP contribution in [-0.2, 0) is 0 Å². The standard InChI is InChI=1S/C20H20N2O4/c1-2-25-18-12-6-4-10-16(18)20(24)22-13-7-8-14-26-17-11-5-3-9-15(17)19(21)23/h3-6,9-12H,2,13-14H2,1H3,(H2,21,23)(H,22,24). The largest absolute Gasteiger partial charge is 0.493 e. The molecule has 0 heterocycles. The molecule has 0 fully saturated rings. The first-order valence-corrected chi connectivity index (χ1v) is 8.10. The van der Waals surface area contributed by atoms with Crippen LogP contribution in [0.3, 0.4) is 0 Å². The Hall–Kier alpha value is -3.46. The predicted molar refractivity (Wildman–Crippen MR) is 98.2 cm³/mol. The minimum absolute atomic E-state index is 0.0791. The Morgan fingerprint density at radius 1 is 0.962 bits per heavy atom. The third-order valence-electron chi connectivity index (χ3n) is 3.35. The van der Waals surface area contributed by atoms with E-state index in [9.17, 15) is 9.59 Å². The van der Waals surface area contributed by atoms with Gasteiger partial charge in [-0.25, -0.2) is 0 Å². The average molecular weight is 352 g/mol. The molecule has 0 spiro atoms. The number of hydrogen-bond donors (Lipinski definition) is 2. The van der Waals surface area contributed by atoms with E-state index in [4.69, 9.17) is 15.2 Å². The van der Waals surface area contributed by atoms with Crippen molar-refractivity contribution in [3.63, 3.8) is 0 Å². The molecule has 134 valence electrons. The Balaban J connectivity index is 1.84. The highest BCUT2D eigenvalue weighted by molar-refractivity contribution is 5.97. The van der Waals surface area contributed by atoms with E-state index in [0.29, 0.717) is 29.2 Å². The van der Waals surface area contributed by atoms with Crippen LogP contribution in [-0.4, -0.2) is 31.6 Å². The molecule has 0 aliphatic rings. The summed E-state index contributed by atoms with van der Waals surface area (Å²) < 4.78 is 10.9. The number of hydrogen-bond acceptors (Lipinski definition) is 4. The van der Waals surface area contributed by atoms with Crippen LogP contribution >= 0.6 is 0 Å². The van der Waals surface area contributed by atoms with Crippen molar-refractivity contribution in [3.05, 3.63) is 59.7 Å². The monoisotopic (exact) mass is 352 g/mol. The second kappa shape index (κ2) is 9.74. The molecule has 26 heavy (non-hydrogen) atoms. The van der Waals surface area contributed by atoms with E-state index in [1.165, 1.54) is 0 Å². The molecule has 0 aromatic heterocycles. The fraction of sp³-hybridized carbons (Fsp3) is 0.200. The van der Waals surface area contributed by atoms with Crippen molar-refractivity contribution in [2.45, 2.75) is 6.92 Å². The van der Waals surface area contributed by atoms with E-state index in [-0.39, 0.29) is 19.1 Å². The molecule has 0 radical (unpaired) electrons. The second-order valence-electron chi connectivity index (χ2n) is 5.11. The van der Waals surface area contributed by atoms with E-state index < -0.39 is 5.91 Å². The lowest BCUT2D eigenvalue weighted by Crippen LogP contribution is -2.24. The van der Waals surface area contributed by atoms with Gasteiger partial charge in [-0.05, 0) is 31.2 Å². The Labute approximate surface area is 152 Å². The molecular weight excluding hydrogens is 332 g/mol. The quantitative estimate of drug-likeness (QED) is 0.746. The lowest BCUT2D eigenvalue weighted by atomic mass is 10.2. The molecule has 0 aliphatic carbocycles. The molecule has 2 aromatic rings. The van der Waals surface area contributed by atoms with Crippen molar-refractivity contribution >= 4 is 11.8 Å². The van der Waals surface area contributed by atoms with Crippen molar-refractivity contribution in [2.75, 3.05) is 19.8 Å². The molecule has 6 heteroatoms. The lowest BCUT2D eigenvalue weighted by Gasteiger charge is -2.09. The maximum Gasteiger partial charge on any atom is 0.255 e. The summed E-state index contributed by atoms with van der Waals surface area (Å²) >= 11 is 0. The Morgan fingerprint density at radius 2 is 1.58 bits per heavy atom. The number of carbonyl (C=O) groups excluding carboxylic acids is 2. The van der Waals surface area contributed by atoms with Gasteiger partial charge in [0.2, 0.25) is 0 Å². The third kappa shape index (κ3) is 5.28. The molecule has 0 saturated heterocycles. The number of para-hydroxylation sites is 2. The summed E-state index contributed by atoms with van der Waals surface area (Å²) in [4.78, 5) is 23.5. The molecule has 2 rings (SSSR count). The molecule has 0 atom stereocenters. The number of primary amides is 1. The molecule has 3 N–H and O–H groups in total. The maximum absolute atomic E-state index is 12.2. The van der Waals surface area contributed by atoms with Crippen molar-refractivity contribution in [1.82, 2.24) is 5.32 Å². The van der Waals surface area contributed by atoms with Gasteiger partial charge in [0.05, 0.1) is 24.3 Å². The van der Waals surface area contributed by atoms with Gasteiger partial charge in [0.25, 0.3) is 11.8 Å². The van der Waals surface area contributed by atoms with Gasteiger partial charge in [-0.2, -0.15) is 0 Å². The summed E-state index contributed by atoms with van der Waals surface area (Å²) in [7, 11) is 0. The summed E-state index contributed by atoms with van der Waals surface area (Å²) in [5.74, 6) is 5.66. The fourth-order valence-corrected chi connectivity index (χ4v) is 2.18. The zero-order valence-electron chi connectivity index (χ0n) is 14.5. The van der Waals surface area contributed by atoms with Gasteiger partial charge in [-0.3, -0.25) is 9.59 Å². The minimum atomic E-state index is -0.561. The number of benzene rings is 2. The highest BCUT2D eigenvalue weighted by atomic mass is 16.5. The van der Waals surface area contributed by atoms with Crippen molar-refractivity contribution in [2.24, 2.45) is 5.73 Å². The number of nitrogens with two attached hydrogens (primary N) is 1. The second-order valence-corrected chi connectivity index (χ2v) is 5.11. The first-order valence-electron chi connectivity index (χ1n) is 8.10. The van der Waals surface area contributed by atoms with Crippen molar-refractivity contribution in [3.8, 4) is 23.3 Å². The van der Waals surface area contributed by atoms with Crippen LogP contribution in [0.25, 0.3) is 0 Å². The predicted octanol–water partition coefficient (Wildman–Crippen LogP) is 2.00. The number of rotatable bonds is 7. The van der Waals surface area contributed by atoms with Crippen LogP contribution < -0.4 is 20.5 Å². The molecule has 6 nitrogen and oxygen atoms in total. The van der Waals surface area contributed by atoms with E-state index >= 15 is 0 Å². The SMILES string of the molecule is CCOc1ccccc1C(=O)NCC#CCOc1ccccc1C(N)=O. The molecular formula is C20H20N2O4. The van der Waals surface area contributed by atoms with Crippen LogP contribution in [0.4, 0.5) is 0 Å². The lowest BCUT2D eigenvalue weighted by molar-refractivity contribution is 0.0953. The topological polar surface area (TPSA) is 90.7 Å². The van der Waals surface area contributed by atoms with Crippen LogP contribution in [0.1, 0.15) is 27.6 Å². The summed E-state index contributed by atoms with van der Waals surface area (Å²) in [6, 6.07) is 13.7. The van der Waals surface area contributed by atoms with Crippen LogP contribution in [0.15, 0.2) is 48.5 Å². The Kier molecular flexibility index (Phi) is 7.07. The zero-order valence-corrected chi connectivity index (χ0v) is 14.5. The molecule has 0 aliphatic heterocycles. The van der Waals surface area contributed by atoms with Crippen LogP contribution in [0.2, 0.25) is 0 Å². The van der Waals surface area contributed by atoms with Gasteiger partial charge in [0.15, 0.2) is 0 Å². The van der Waals surface area contributed by atoms with E-state index in [0.717, 1.165) is 0 Å². The molecule has 0 unspecified atom stereocenters. The smallest absolute Gasteiger partial charge is 0.255 e. The molecule has 2 aromatic carbocycles. The normalized spacial score (nSPS) is 9.58. The summed E-state index contributed by atoms with van der Waals surface area (Å²) in [6.45, 7) is 2.58. The zero-order chi connectivity index (χ0) is 18.8. The number of nitrogens with one attached hydrogen (secondary N) is 1. The van der Waals surface area contributed by atoms with E-state index in [2.05, 4.69) is 17.2 Å². The number of ether oxygens (including phenoxy) is 2. The van der Waals surface area contributed by atoms with Gasteiger partial charge in [-0.15, -0.1) is 0 Å². The van der Waals surface area contributed by atoms with E-state index in [1.807, 2.05) is 13.0 Å². The maximum atomic E-state index is 12.2. The van der Waals surface area contributed by atoms with Gasteiger partial charge in [-0.1, -0.05) is 36.1 Å². The average Bonchev–Trinajstić information content (AvgIpc) is 2.65. The number of amides is 2. The highest BCUT2D eigenvalue weighted by Crippen LogP contribution is 2.18. The van der Waals surface area contributed by atoms with Crippen LogP contribution in [0, 0.1) is 11.8 Å². The molecule has 0 bridgehead atoms. The fourth-order valence-electron chi connectivity index (χ4n) is 2.18. The summed E-state index contributed by atoms with van der Waals surface area (Å²) in [6.07, 6.45) is 0. The highest BCUT2D eigenvalue weighted by Gasteiger charge is 2.10. The molecule has 0 saturated carbocycles. The first-order chi connectivity index (χ1) is 12.6. The van der Waals surface area contributed by atoms with Crippen molar-refractivity contribution < 1.29 is 19.1 Å². The van der Waals surface area contributed by atoms with E-state index in [1.54, 1.807) is 42.5 Å². The first kappa shape index (κ1) is 18.9. The van der Waals surface area contributed by atoms with Crippen molar-refractivity contribution in [1.29, 1.82) is 0 Å². The van der Waals surface area contributed by atoms with Gasteiger partial charge in [0.1, 0.15) is 18.1 Å².